The van der Waals surface area contributed by atoms with E-state index in [0.717, 1.165) is 38.2 Å². The zero-order valence-corrected chi connectivity index (χ0v) is 13.5. The summed E-state index contributed by atoms with van der Waals surface area (Å²) in [5, 5.41) is 3.64. The van der Waals surface area contributed by atoms with Crippen molar-refractivity contribution in [2.24, 2.45) is 5.92 Å². The lowest BCUT2D eigenvalue weighted by molar-refractivity contribution is 0.314. The summed E-state index contributed by atoms with van der Waals surface area (Å²) >= 11 is 0. The zero-order chi connectivity index (χ0) is 14.8. The number of hydrogen-bond acceptors (Lipinski definition) is 3. The van der Waals surface area contributed by atoms with Crippen molar-refractivity contribution in [1.29, 1.82) is 0 Å². The van der Waals surface area contributed by atoms with E-state index in [2.05, 4.69) is 44.1 Å². The molecule has 0 aromatic carbocycles. The highest BCUT2D eigenvalue weighted by Crippen LogP contribution is 2.25. The van der Waals surface area contributed by atoms with Crippen LogP contribution in [0.1, 0.15) is 65.0 Å². The summed E-state index contributed by atoms with van der Waals surface area (Å²) in [5.41, 5.74) is 1.24. The Balaban J connectivity index is 2.77. The third-order valence-corrected chi connectivity index (χ3v) is 3.59. The Morgan fingerprint density at radius 1 is 1.20 bits per heavy atom. The predicted molar refractivity (Wildman–Crippen MR) is 85.1 cm³/mol. The fourth-order valence-corrected chi connectivity index (χ4v) is 2.15. The lowest BCUT2D eigenvalue weighted by Gasteiger charge is -2.22. The average molecular weight is 278 g/mol. The highest BCUT2D eigenvalue weighted by molar-refractivity contribution is 5.26. The summed E-state index contributed by atoms with van der Waals surface area (Å²) in [4.78, 5) is 4.33. The first-order chi connectivity index (χ1) is 9.71. The normalized spacial score (nSPS) is 14.0. The zero-order valence-electron chi connectivity index (χ0n) is 13.5. The summed E-state index contributed by atoms with van der Waals surface area (Å²) in [6.45, 7) is 10.7. The van der Waals surface area contributed by atoms with Gasteiger partial charge in [-0.25, -0.2) is 0 Å². The number of aromatic nitrogens is 1. The Kier molecular flexibility index (Phi) is 8.28. The maximum Gasteiger partial charge on any atom is 0.137 e. The van der Waals surface area contributed by atoms with E-state index in [1.54, 1.807) is 6.20 Å². The third kappa shape index (κ3) is 5.91. The van der Waals surface area contributed by atoms with E-state index in [1.807, 2.05) is 6.20 Å². The SMILES string of the molecule is CCCNC(CC(C)CC)c1cncc(OCCC)c1. The van der Waals surface area contributed by atoms with Crippen molar-refractivity contribution in [2.45, 2.75) is 59.4 Å². The lowest BCUT2D eigenvalue weighted by Crippen LogP contribution is -2.24. The van der Waals surface area contributed by atoms with Gasteiger partial charge >= 0.3 is 0 Å². The van der Waals surface area contributed by atoms with Gasteiger partial charge in [-0.05, 0) is 43.4 Å². The van der Waals surface area contributed by atoms with Crippen LogP contribution in [0.2, 0.25) is 0 Å². The van der Waals surface area contributed by atoms with Gasteiger partial charge in [-0.15, -0.1) is 0 Å². The maximum absolute atomic E-state index is 5.69. The first-order valence-corrected chi connectivity index (χ1v) is 8.02. The van der Waals surface area contributed by atoms with E-state index >= 15 is 0 Å². The first kappa shape index (κ1) is 17.0. The van der Waals surface area contributed by atoms with Gasteiger partial charge in [-0.2, -0.15) is 0 Å². The average Bonchev–Trinajstić information content (AvgIpc) is 2.49. The molecule has 0 fully saturated rings. The van der Waals surface area contributed by atoms with E-state index in [9.17, 15) is 0 Å². The third-order valence-electron chi connectivity index (χ3n) is 3.59. The van der Waals surface area contributed by atoms with Crippen LogP contribution in [0.25, 0.3) is 0 Å². The van der Waals surface area contributed by atoms with Crippen LogP contribution in [0.4, 0.5) is 0 Å². The first-order valence-electron chi connectivity index (χ1n) is 8.02. The fraction of sp³-hybridized carbons (Fsp3) is 0.706. The minimum atomic E-state index is 0.377. The minimum absolute atomic E-state index is 0.377. The van der Waals surface area contributed by atoms with Gasteiger partial charge in [0.15, 0.2) is 0 Å². The van der Waals surface area contributed by atoms with E-state index in [1.165, 1.54) is 12.0 Å². The van der Waals surface area contributed by atoms with Crippen LogP contribution < -0.4 is 10.1 Å². The lowest BCUT2D eigenvalue weighted by atomic mass is 9.95. The Hall–Kier alpha value is -1.09. The van der Waals surface area contributed by atoms with Crippen molar-refractivity contribution in [1.82, 2.24) is 10.3 Å². The molecular formula is C17H30N2O. The summed E-state index contributed by atoms with van der Waals surface area (Å²) < 4.78 is 5.69. The minimum Gasteiger partial charge on any atom is -0.492 e. The molecule has 0 radical (unpaired) electrons. The molecule has 0 saturated carbocycles. The summed E-state index contributed by atoms with van der Waals surface area (Å²) in [6.07, 6.45) is 8.30. The highest BCUT2D eigenvalue weighted by atomic mass is 16.5. The number of rotatable bonds is 10. The standard InChI is InChI=1S/C17H30N2O/c1-5-8-19-17(10-14(4)7-3)15-11-16(13-18-12-15)20-9-6-2/h11-14,17,19H,5-10H2,1-4H3. The topological polar surface area (TPSA) is 34.2 Å². The van der Waals surface area contributed by atoms with E-state index in [-0.39, 0.29) is 0 Å². The van der Waals surface area contributed by atoms with Crippen molar-refractivity contribution in [3.05, 3.63) is 24.0 Å². The van der Waals surface area contributed by atoms with Gasteiger partial charge in [-0.1, -0.05) is 34.1 Å². The monoisotopic (exact) mass is 278 g/mol. The Morgan fingerprint density at radius 2 is 2.00 bits per heavy atom. The van der Waals surface area contributed by atoms with E-state index < -0.39 is 0 Å². The van der Waals surface area contributed by atoms with E-state index in [4.69, 9.17) is 4.74 Å². The van der Waals surface area contributed by atoms with Crippen molar-refractivity contribution in [3.63, 3.8) is 0 Å². The molecule has 3 nitrogen and oxygen atoms in total. The Bertz CT molecular complexity index is 368. The van der Waals surface area contributed by atoms with Crippen molar-refractivity contribution >= 4 is 0 Å². The smallest absolute Gasteiger partial charge is 0.137 e. The number of pyridine rings is 1. The molecule has 0 spiro atoms. The summed E-state index contributed by atoms with van der Waals surface area (Å²) in [6, 6.07) is 2.51. The van der Waals surface area contributed by atoms with Crippen molar-refractivity contribution in [3.8, 4) is 5.75 Å². The van der Waals surface area contributed by atoms with Crippen LogP contribution in [-0.4, -0.2) is 18.1 Å². The number of hydrogen-bond donors (Lipinski definition) is 1. The fourth-order valence-electron chi connectivity index (χ4n) is 2.15. The molecule has 1 N–H and O–H groups in total. The molecule has 20 heavy (non-hydrogen) atoms. The number of ether oxygens (including phenoxy) is 1. The molecule has 0 saturated heterocycles. The van der Waals surface area contributed by atoms with Gasteiger partial charge in [-0.3, -0.25) is 4.98 Å². The van der Waals surface area contributed by atoms with Gasteiger partial charge in [0, 0.05) is 12.2 Å². The van der Waals surface area contributed by atoms with Gasteiger partial charge in [0.1, 0.15) is 5.75 Å². The summed E-state index contributed by atoms with van der Waals surface area (Å²) in [7, 11) is 0. The molecule has 114 valence electrons. The molecule has 0 amide bonds. The van der Waals surface area contributed by atoms with Gasteiger partial charge in [0.2, 0.25) is 0 Å². The van der Waals surface area contributed by atoms with Gasteiger partial charge in [0.25, 0.3) is 0 Å². The van der Waals surface area contributed by atoms with Crippen LogP contribution in [0.5, 0.6) is 5.75 Å². The van der Waals surface area contributed by atoms with Crippen LogP contribution in [0.3, 0.4) is 0 Å². The summed E-state index contributed by atoms with van der Waals surface area (Å²) in [5.74, 6) is 1.60. The molecule has 2 unspecified atom stereocenters. The molecule has 0 bridgehead atoms. The largest absolute Gasteiger partial charge is 0.492 e. The second kappa shape index (κ2) is 9.76. The quantitative estimate of drug-likeness (QED) is 0.691. The molecule has 0 aliphatic rings. The van der Waals surface area contributed by atoms with Crippen LogP contribution in [-0.2, 0) is 0 Å². The van der Waals surface area contributed by atoms with Crippen LogP contribution in [0, 0.1) is 5.92 Å². The van der Waals surface area contributed by atoms with Gasteiger partial charge in [0.05, 0.1) is 12.8 Å². The molecule has 0 aliphatic heterocycles. The molecule has 1 aromatic rings. The number of nitrogens with one attached hydrogen (secondary N) is 1. The maximum atomic E-state index is 5.69. The second-order valence-electron chi connectivity index (χ2n) is 5.56. The molecular weight excluding hydrogens is 248 g/mol. The van der Waals surface area contributed by atoms with Crippen molar-refractivity contribution < 1.29 is 4.74 Å². The van der Waals surface area contributed by atoms with E-state index in [0.29, 0.717) is 12.0 Å². The van der Waals surface area contributed by atoms with Gasteiger partial charge < -0.3 is 10.1 Å². The molecule has 3 heteroatoms. The molecule has 2 atom stereocenters. The van der Waals surface area contributed by atoms with Crippen LogP contribution >= 0.6 is 0 Å². The van der Waals surface area contributed by atoms with Crippen LogP contribution in [0.15, 0.2) is 18.5 Å². The number of nitrogens with zero attached hydrogens (tertiary/aromatic N) is 1. The molecule has 1 heterocycles. The highest BCUT2D eigenvalue weighted by Gasteiger charge is 2.15. The molecule has 1 rings (SSSR count). The Labute approximate surface area is 124 Å². The molecule has 0 aliphatic carbocycles. The molecule has 1 aromatic heterocycles. The van der Waals surface area contributed by atoms with Crippen molar-refractivity contribution in [2.75, 3.05) is 13.2 Å². The predicted octanol–water partition coefficient (Wildman–Crippen LogP) is 4.35. The second-order valence-corrected chi connectivity index (χ2v) is 5.56. The Morgan fingerprint density at radius 3 is 2.65 bits per heavy atom.